The number of hydroxylamine groups is 2. The number of carbonyl (C=O) groups excluding carboxylic acids is 4. The van der Waals surface area contributed by atoms with Crippen LogP contribution in [0.4, 0.5) is 5.69 Å². The third-order valence-electron chi connectivity index (χ3n) is 12.5. The highest BCUT2D eigenvalue weighted by Crippen LogP contribution is 2.51. The van der Waals surface area contributed by atoms with Crippen molar-refractivity contribution in [2.24, 2.45) is 0 Å². The fraction of sp³-hybridized carbons (Fsp3) is 0.391. The Balaban J connectivity index is 1.33. The van der Waals surface area contributed by atoms with Crippen LogP contribution < -0.4 is 30.1 Å². The number of likely N-dealkylation sites (N-methyl/N-ethyl adjacent to an activating group) is 2. The molecule has 18 nitrogen and oxygen atoms in total. The number of unbranched alkanes of at least 4 members (excludes halogenated alkanes) is 2. The third-order valence-corrected chi connectivity index (χ3v) is 16.4. The number of carboxylic acids is 1. The largest absolute Gasteiger partial charge is 0.478 e. The summed E-state index contributed by atoms with van der Waals surface area (Å²) in [4.78, 5) is 69.1. The average molecular weight is 1080 g/mol. The van der Waals surface area contributed by atoms with Crippen LogP contribution in [0.3, 0.4) is 0 Å². The number of rotatable bonds is 16. The third kappa shape index (κ3) is 10.8. The van der Waals surface area contributed by atoms with Gasteiger partial charge in [-0.25, -0.2) is 14.2 Å². The van der Waals surface area contributed by atoms with Crippen molar-refractivity contribution in [1.82, 2.24) is 15.0 Å². The summed E-state index contributed by atoms with van der Waals surface area (Å²) >= 11 is 21.9. The molecule has 3 aromatic carbocycles. The Morgan fingerprint density at radius 2 is 1.47 bits per heavy atom. The lowest BCUT2D eigenvalue weighted by Crippen LogP contribution is -2.47. The van der Waals surface area contributed by atoms with Gasteiger partial charge in [-0.05, 0) is 56.0 Å². The van der Waals surface area contributed by atoms with Crippen LogP contribution in [0.1, 0.15) is 98.8 Å². The number of carbonyl (C=O) groups is 5. The first-order valence-corrected chi connectivity index (χ1v) is 27.0. The molecule has 0 aromatic heterocycles. The summed E-state index contributed by atoms with van der Waals surface area (Å²) in [6.45, 7) is 7.58. The molecule has 4 aliphatic heterocycles. The molecule has 4 N–H and O–H groups in total. The minimum Gasteiger partial charge on any atom is -0.478 e. The average Bonchev–Trinajstić information content (AvgIpc) is 3.56. The van der Waals surface area contributed by atoms with Gasteiger partial charge in [-0.3, -0.25) is 23.5 Å². The molecule has 0 aliphatic carbocycles. The van der Waals surface area contributed by atoms with Gasteiger partial charge in [-0.2, -0.15) is 16.8 Å². The van der Waals surface area contributed by atoms with Crippen LogP contribution >= 0.6 is 46.6 Å². The van der Waals surface area contributed by atoms with E-state index in [0.717, 1.165) is 11.8 Å². The predicted molar refractivity (Wildman–Crippen MR) is 264 cm³/mol. The van der Waals surface area contributed by atoms with E-state index in [1.165, 1.54) is 0 Å². The Labute approximate surface area is 422 Å². The minimum atomic E-state index is -4.60. The van der Waals surface area contributed by atoms with Crippen molar-refractivity contribution in [2.75, 3.05) is 42.8 Å². The topological polar surface area (TPSA) is 254 Å². The van der Waals surface area contributed by atoms with Crippen molar-refractivity contribution in [3.05, 3.63) is 89.9 Å². The number of aromatic carboxylic acids is 1. The predicted octanol–water partition coefficient (Wildman–Crippen LogP) is 5.76. The van der Waals surface area contributed by atoms with Crippen LogP contribution in [0.15, 0.2) is 41.3 Å². The van der Waals surface area contributed by atoms with Crippen molar-refractivity contribution in [2.45, 2.75) is 82.2 Å². The fourth-order valence-corrected chi connectivity index (χ4v) is 12.0. The number of carboxylic acid groups (broad SMARTS) is 1. The van der Waals surface area contributed by atoms with Gasteiger partial charge in [-0.15, -0.1) is 16.8 Å². The number of nitrogens with one attached hydrogen (secondary N) is 1. The maximum absolute atomic E-state index is 13.4. The van der Waals surface area contributed by atoms with Gasteiger partial charge in [0.1, 0.15) is 30.1 Å². The highest BCUT2D eigenvalue weighted by atomic mass is 35.5. The number of benzene rings is 3. The van der Waals surface area contributed by atoms with Crippen LogP contribution in [0.5, 0.6) is 11.5 Å². The molecule has 0 spiro atoms. The summed E-state index contributed by atoms with van der Waals surface area (Å²) in [6, 6.07) is 6.47. The molecule has 374 valence electrons. The van der Waals surface area contributed by atoms with Crippen LogP contribution in [-0.2, 0) is 44.3 Å². The molecule has 7 rings (SSSR count). The van der Waals surface area contributed by atoms with Gasteiger partial charge in [0.25, 0.3) is 32.1 Å². The molecule has 1 saturated heterocycles. The molecule has 3 aromatic rings. The molecule has 0 unspecified atom stereocenters. The molecule has 0 saturated carbocycles. The molecular formula is C46H48Cl3N4O14S3+. The van der Waals surface area contributed by atoms with Gasteiger partial charge in [0.15, 0.2) is 5.54 Å². The smallest absolute Gasteiger partial charge is 0.337 e. The van der Waals surface area contributed by atoms with E-state index in [0.29, 0.717) is 46.5 Å². The van der Waals surface area contributed by atoms with Crippen molar-refractivity contribution >= 4 is 119 Å². The summed E-state index contributed by atoms with van der Waals surface area (Å²) in [5, 5.41) is 13.9. The summed E-state index contributed by atoms with van der Waals surface area (Å²) in [7, 11) is -5.63. The molecule has 0 radical (unpaired) electrons. The summed E-state index contributed by atoms with van der Waals surface area (Å²) in [6.07, 6.45) is 4.54. The summed E-state index contributed by atoms with van der Waals surface area (Å²) in [5.74, 6) is -5.42. The lowest BCUT2D eigenvalue weighted by Gasteiger charge is -2.41. The Morgan fingerprint density at radius 3 is 2.09 bits per heavy atom. The number of ether oxygens (including phenoxy) is 1. The Bertz CT molecular complexity index is 3250. The molecule has 3 amide bonds. The van der Waals surface area contributed by atoms with Crippen LogP contribution in [0.2, 0.25) is 15.1 Å². The van der Waals surface area contributed by atoms with Crippen LogP contribution in [0.25, 0.3) is 16.7 Å². The minimum absolute atomic E-state index is 0.0231. The second-order valence-electron chi connectivity index (χ2n) is 18.2. The van der Waals surface area contributed by atoms with E-state index in [-0.39, 0.29) is 91.1 Å². The second kappa shape index (κ2) is 19.5. The molecule has 0 bridgehead atoms. The zero-order valence-electron chi connectivity index (χ0n) is 38.6. The van der Waals surface area contributed by atoms with E-state index in [9.17, 15) is 55.0 Å². The van der Waals surface area contributed by atoms with Crippen molar-refractivity contribution in [3.63, 3.8) is 0 Å². The zero-order valence-corrected chi connectivity index (χ0v) is 43.3. The van der Waals surface area contributed by atoms with Crippen molar-refractivity contribution in [3.8, 4) is 11.5 Å². The molecular weight excluding hydrogens is 1040 g/mol. The number of fused-ring (bicyclic) bond motifs is 4. The fourth-order valence-electron chi connectivity index (χ4n) is 8.75. The Hall–Kier alpha value is -5.00. The van der Waals surface area contributed by atoms with Gasteiger partial charge in [0.2, 0.25) is 11.3 Å². The standard InChI is InChI=1S/C46H47Cl3N4O14S3/c1-45(2)18-23(21-69(60,61)62)25-14-27-31(16-29(25)51(45)5)66-32-17-30-26(24(22-70(63,64)65)19-46(3,4)52(30)6)15-28(32)37(27)38-39(44(58)59)40(47)42(49)43(41(38)48)68-20-33(54)50-13-9-7-8-10-36(57)67-53-34(55)11-12-35(53)56/h14-19H,7-13,20-22H2,1-6H3,(H3-,50,54,58,59,60,61,62,63,64,65)/p+1. The maximum atomic E-state index is 13.4. The number of thioether (sulfide) groups is 1. The van der Waals surface area contributed by atoms with E-state index >= 15 is 0 Å². The van der Waals surface area contributed by atoms with Crippen LogP contribution in [0, 0.1) is 0 Å². The number of nitrogens with zero attached hydrogens (tertiary/aromatic N) is 3. The SMILES string of the molecule is CN1c2cc3c(cc2C(CS(=O)(=O)O)=CC1(C)C)C(c1c(Cl)c(SCC(=O)NCCCCCC(=O)ON2C(=O)CCC2=O)c(Cl)c(Cl)c1C(=O)O)=c1cc2c(cc1O3)=[N+](C)C(C)(C)C=C2CS(=O)(=O)O. The zero-order chi connectivity index (χ0) is 51.6. The normalized spacial score (nSPS) is 17.0. The first-order valence-electron chi connectivity index (χ1n) is 21.6. The van der Waals surface area contributed by atoms with Gasteiger partial charge in [0, 0.05) is 90.8 Å². The van der Waals surface area contributed by atoms with E-state index in [4.69, 9.17) is 44.4 Å². The lowest BCUT2D eigenvalue weighted by molar-refractivity contribution is -0.197. The number of anilines is 1. The molecule has 0 atom stereocenters. The van der Waals surface area contributed by atoms with Gasteiger partial charge in [-0.1, -0.05) is 47.3 Å². The maximum Gasteiger partial charge on any atom is 0.337 e. The first-order chi connectivity index (χ1) is 32.5. The van der Waals surface area contributed by atoms with E-state index in [2.05, 4.69) is 5.32 Å². The number of hydrogen-bond acceptors (Lipinski definition) is 13. The van der Waals surface area contributed by atoms with E-state index in [1.54, 1.807) is 50.5 Å². The molecule has 70 heavy (non-hydrogen) atoms. The highest BCUT2D eigenvalue weighted by Gasteiger charge is 2.39. The van der Waals surface area contributed by atoms with Crippen molar-refractivity contribution < 1.29 is 64.6 Å². The number of amides is 3. The molecule has 24 heteroatoms. The van der Waals surface area contributed by atoms with Crippen LogP contribution in [-0.4, -0.2) is 115 Å². The quantitative estimate of drug-likeness (QED) is 0.0260. The van der Waals surface area contributed by atoms with Gasteiger partial charge >= 0.3 is 11.9 Å². The highest BCUT2D eigenvalue weighted by molar-refractivity contribution is 8.00. The molecule has 1 fully saturated rings. The Morgan fingerprint density at radius 1 is 0.843 bits per heavy atom. The monoisotopic (exact) mass is 1080 g/mol. The summed E-state index contributed by atoms with van der Waals surface area (Å²) < 4.78 is 78.7. The van der Waals surface area contributed by atoms with E-state index in [1.807, 2.05) is 37.2 Å². The van der Waals surface area contributed by atoms with E-state index < -0.39 is 83.1 Å². The van der Waals surface area contributed by atoms with Gasteiger partial charge < -0.3 is 24.9 Å². The second-order valence-corrected chi connectivity index (χ2v) is 23.3. The van der Waals surface area contributed by atoms with Gasteiger partial charge in [0.05, 0.1) is 43.6 Å². The summed E-state index contributed by atoms with van der Waals surface area (Å²) in [5.41, 5.74) is -0.384. The van der Waals surface area contributed by atoms with Crippen molar-refractivity contribution in [1.29, 1.82) is 0 Å². The molecule has 4 aliphatic rings. The first kappa shape index (κ1) is 52.8. The lowest BCUT2D eigenvalue weighted by atomic mass is 9.83. The Kier molecular flexibility index (Phi) is 14.7. The number of halogens is 3. The number of imide groups is 1. The molecule has 4 heterocycles. The number of hydrogen-bond donors (Lipinski definition) is 4.